The first kappa shape index (κ1) is 68.5. The molecule has 0 saturated heterocycles. The fourth-order valence-corrected chi connectivity index (χ4v) is 19.5. The molecule has 0 amide bonds. The Labute approximate surface area is 664 Å². The maximum atomic E-state index is 2.92. The third kappa shape index (κ3) is 10.5. The van der Waals surface area contributed by atoms with Gasteiger partial charge in [0.15, 0.2) is 0 Å². The second-order valence-electron chi connectivity index (χ2n) is 36.0. The van der Waals surface area contributed by atoms with E-state index in [1.165, 1.54) is 116 Å². The largest absolute Gasteiger partial charge is 0.444 e. The van der Waals surface area contributed by atoms with Gasteiger partial charge in [0.25, 0.3) is 0 Å². The number of benzene rings is 15. The molecule has 2 aromatic heterocycles. The zero-order chi connectivity index (χ0) is 76.9. The summed E-state index contributed by atoms with van der Waals surface area (Å²) in [6.07, 6.45) is 0. The third-order valence-electron chi connectivity index (χ3n) is 25.1. The Bertz CT molecular complexity index is 6140. The summed E-state index contributed by atoms with van der Waals surface area (Å²) in [7, 11) is 0. The Hall–Kier alpha value is -12.6. The molecule has 5 nitrogen and oxygen atoms in total. The highest BCUT2D eigenvalue weighted by molar-refractivity contribution is 7.09. The Morgan fingerprint density at radius 2 is 0.496 bits per heavy atom. The van der Waals surface area contributed by atoms with Gasteiger partial charge < -0.3 is 23.7 Å². The van der Waals surface area contributed by atoms with Crippen molar-refractivity contribution in [1.82, 2.24) is 9.13 Å². The molecule has 0 bridgehead atoms. The van der Waals surface area contributed by atoms with Crippen LogP contribution in [-0.2, 0) is 21.7 Å². The molecule has 6 heterocycles. The van der Waals surface area contributed by atoms with E-state index < -0.39 is 0 Å². The van der Waals surface area contributed by atoms with Gasteiger partial charge in [0, 0.05) is 94.7 Å². The van der Waals surface area contributed by atoms with Crippen molar-refractivity contribution in [2.75, 3.05) is 14.5 Å². The predicted molar refractivity (Wildman–Crippen MR) is 484 cm³/mol. The van der Waals surface area contributed by atoms with Crippen molar-refractivity contribution < 1.29 is 0 Å². The van der Waals surface area contributed by atoms with E-state index in [9.17, 15) is 0 Å². The van der Waals surface area contributed by atoms with Gasteiger partial charge in [-0.25, -0.2) is 0 Å². The zero-order valence-corrected chi connectivity index (χ0v) is 66.5. The molecule has 113 heavy (non-hydrogen) atoms. The normalized spacial score (nSPS) is 13.6. The molecule has 0 N–H and O–H groups in total. The number of anilines is 7. The van der Waals surface area contributed by atoms with Crippen LogP contribution in [0.25, 0.3) is 122 Å². The summed E-state index contributed by atoms with van der Waals surface area (Å²) in [6.45, 7) is 27.5. The molecule has 7 heteroatoms. The van der Waals surface area contributed by atoms with E-state index in [1.54, 1.807) is 0 Å². The van der Waals surface area contributed by atoms with Crippen molar-refractivity contribution in [2.45, 2.75) is 105 Å². The van der Waals surface area contributed by atoms with E-state index in [0.717, 1.165) is 90.0 Å². The fraction of sp³-hybridized carbons (Fsp3) is 0.151. The lowest BCUT2D eigenvalue weighted by atomic mass is 9.32. The summed E-state index contributed by atoms with van der Waals surface area (Å²) in [5.41, 5.74) is 39.2. The molecule has 0 aliphatic carbocycles. The number of hydrogen-bond donors (Lipinski definition) is 0. The van der Waals surface area contributed by atoms with Gasteiger partial charge >= 0.3 is 13.7 Å². The van der Waals surface area contributed by atoms with Gasteiger partial charge in [0.05, 0.1) is 33.4 Å². The van der Waals surface area contributed by atoms with E-state index in [1.807, 2.05) is 0 Å². The van der Waals surface area contributed by atoms with Crippen molar-refractivity contribution in [3.8, 4) is 78.1 Å². The van der Waals surface area contributed by atoms with Crippen LogP contribution in [0.4, 0.5) is 39.8 Å². The van der Waals surface area contributed by atoms with Crippen molar-refractivity contribution in [3.63, 3.8) is 0 Å². The van der Waals surface area contributed by atoms with Gasteiger partial charge in [0.2, 0.25) is 0 Å². The fourth-order valence-electron chi connectivity index (χ4n) is 19.5. The number of hydrogen-bond acceptors (Lipinski definition) is 3. The van der Waals surface area contributed by atoms with Crippen LogP contribution in [0.3, 0.4) is 0 Å². The standard InChI is InChI=1S/C106H89B2N5/c1-103(2,3)70-50-54-90-82(58-70)83-59-71(104(4,5)6)51-55-91(83)109(90)74-62-86-80-44-31-45-81-87-63-75(110-92-56-52-72(105(7,8)9)60-84(92)85-61-73(106(10,11)12)53-57-93(85)110)65-97-99(87)108(89-47-26-28-49-95(89)112(97)101-78(68-36-21-15-22-37-68)42-30-43-79(101)69-38-23-16-24-39-69)113(102(80)81)107-88-46-25-27-48-94(88)111(96(64-74)98(86)107)100-76(66-32-17-13-18-33-66)40-29-41-77(100)67-34-19-14-20-35-67/h13-65H,1-12H3. The van der Waals surface area contributed by atoms with E-state index >= 15 is 0 Å². The van der Waals surface area contributed by atoms with E-state index in [4.69, 9.17) is 0 Å². The molecule has 544 valence electrons. The third-order valence-corrected chi connectivity index (χ3v) is 25.1. The van der Waals surface area contributed by atoms with Gasteiger partial charge in [-0.15, -0.1) is 0 Å². The molecular weight excluding hydrogens is 1360 g/mol. The average molecular weight is 1450 g/mol. The summed E-state index contributed by atoms with van der Waals surface area (Å²) in [5, 5.41) is 5.04. The highest BCUT2D eigenvalue weighted by Gasteiger charge is 2.55. The summed E-state index contributed by atoms with van der Waals surface area (Å²) in [6, 6.07) is 124. The smallest absolute Gasteiger partial charge is 0.316 e. The molecule has 0 radical (unpaired) electrons. The maximum absolute atomic E-state index is 2.92. The number of fused-ring (bicyclic) bond motifs is 14. The van der Waals surface area contributed by atoms with E-state index in [-0.39, 0.29) is 35.4 Å². The summed E-state index contributed by atoms with van der Waals surface area (Å²) in [5.74, 6) is 0. The Kier molecular flexibility index (Phi) is 15.1. The second kappa shape index (κ2) is 25.0. The Morgan fingerprint density at radius 3 is 0.788 bits per heavy atom. The first-order valence-corrected chi connectivity index (χ1v) is 40.4. The van der Waals surface area contributed by atoms with Gasteiger partial charge in [0.1, 0.15) is 0 Å². The predicted octanol–water partition coefficient (Wildman–Crippen LogP) is 25.7. The van der Waals surface area contributed by atoms with Crippen molar-refractivity contribution in [2.24, 2.45) is 0 Å². The zero-order valence-electron chi connectivity index (χ0n) is 66.5. The van der Waals surface area contributed by atoms with Crippen molar-refractivity contribution >= 4 is 119 Å². The molecule has 4 aliphatic rings. The molecule has 17 aromatic rings. The van der Waals surface area contributed by atoms with Gasteiger partial charge in [-0.05, 0) is 184 Å². The molecule has 15 aromatic carbocycles. The molecule has 0 unspecified atom stereocenters. The van der Waals surface area contributed by atoms with Crippen molar-refractivity contribution in [3.05, 3.63) is 344 Å². The molecule has 21 rings (SSSR count). The van der Waals surface area contributed by atoms with Crippen molar-refractivity contribution in [1.29, 1.82) is 0 Å². The van der Waals surface area contributed by atoms with Crippen LogP contribution in [-0.4, -0.2) is 22.8 Å². The van der Waals surface area contributed by atoms with E-state index in [2.05, 4.69) is 428 Å². The highest BCUT2D eigenvalue weighted by atomic mass is 15.2. The van der Waals surface area contributed by atoms with Crippen LogP contribution in [0, 0.1) is 0 Å². The molecule has 0 saturated carbocycles. The summed E-state index contributed by atoms with van der Waals surface area (Å²) < 4.78 is 8.13. The average Bonchev–Trinajstić information content (AvgIpc) is 0.880. The van der Waals surface area contributed by atoms with Crippen LogP contribution >= 0.6 is 0 Å². The Morgan fingerprint density at radius 1 is 0.221 bits per heavy atom. The van der Waals surface area contributed by atoms with Crippen LogP contribution in [0.15, 0.2) is 322 Å². The number of aromatic nitrogens is 2. The topological polar surface area (TPSA) is 19.6 Å². The summed E-state index contributed by atoms with van der Waals surface area (Å²) >= 11 is 0. The first-order valence-electron chi connectivity index (χ1n) is 40.4. The number of nitrogens with zero attached hydrogens (tertiary/aromatic N) is 5. The highest BCUT2D eigenvalue weighted by Crippen LogP contribution is 2.57. The van der Waals surface area contributed by atoms with Gasteiger partial charge in [-0.3, -0.25) is 0 Å². The lowest BCUT2D eigenvalue weighted by Gasteiger charge is -2.53. The minimum absolute atomic E-state index is 0.0746. The van der Waals surface area contributed by atoms with Crippen LogP contribution in [0.1, 0.15) is 105 Å². The monoisotopic (exact) mass is 1450 g/mol. The minimum atomic E-state index is -0.297. The first-order chi connectivity index (χ1) is 54.6. The number of para-hydroxylation sites is 5. The Balaban J connectivity index is 0.921. The minimum Gasteiger partial charge on any atom is -0.444 e. The summed E-state index contributed by atoms with van der Waals surface area (Å²) in [4.78, 5) is 5.38. The lowest BCUT2D eigenvalue weighted by molar-refractivity contribution is 0.590. The number of rotatable bonds is 8. The SMILES string of the molecule is CC(C)(C)c1ccc2c(c1)c1cc(C(C)(C)C)ccc1n2-c1cc2c3c(c1)N(c1c(-c4ccccc4)cccc1-c1ccccc1)c1ccccc1B3N1B3c4ccccc4N(c4c(-c5ccccc5)cccc4-c4ccccc4)c4cc(-n5c6ccc(C(C)(C)C)cc6c6cc(C(C)(C)C)ccc65)cc(c43)-c3cccc-2c31. The molecular formula is C106H89B2N5. The van der Waals surface area contributed by atoms with Crippen LogP contribution in [0.5, 0.6) is 0 Å². The molecule has 0 spiro atoms. The van der Waals surface area contributed by atoms with Gasteiger partial charge in [-0.1, -0.05) is 320 Å². The molecule has 0 atom stereocenters. The van der Waals surface area contributed by atoms with Gasteiger partial charge in [-0.2, -0.15) is 0 Å². The molecule has 4 aliphatic heterocycles. The molecule has 0 fully saturated rings. The quantitative estimate of drug-likeness (QED) is 0.141. The van der Waals surface area contributed by atoms with Crippen LogP contribution < -0.4 is 36.4 Å². The lowest BCUT2D eigenvalue weighted by Crippen LogP contribution is -2.74. The second-order valence-corrected chi connectivity index (χ2v) is 36.0. The van der Waals surface area contributed by atoms with E-state index in [0.29, 0.717) is 0 Å². The maximum Gasteiger partial charge on any atom is 0.316 e. The van der Waals surface area contributed by atoms with Crippen LogP contribution in [0.2, 0.25) is 0 Å².